The highest BCUT2D eigenvalue weighted by atomic mass is 16.8. The summed E-state index contributed by atoms with van der Waals surface area (Å²) in [7, 11) is 0. The minimum atomic E-state index is -1.19. The van der Waals surface area contributed by atoms with Gasteiger partial charge in [0.15, 0.2) is 17.7 Å². The third-order valence-corrected chi connectivity index (χ3v) is 3.18. The molecule has 1 fully saturated rings. The second-order valence-corrected chi connectivity index (χ2v) is 4.31. The maximum Gasteiger partial charge on any atom is 0.167 e. The molecule has 0 amide bonds. The van der Waals surface area contributed by atoms with Gasteiger partial charge in [-0.1, -0.05) is 0 Å². The lowest BCUT2D eigenvalue weighted by Gasteiger charge is -2.16. The molecule has 4 atom stereocenters. The Morgan fingerprint density at radius 2 is 2.05 bits per heavy atom. The monoisotopic (exact) mass is 272 g/mol. The van der Waals surface area contributed by atoms with Crippen LogP contribution < -0.4 is 5.73 Å². The van der Waals surface area contributed by atoms with E-state index in [1.54, 1.807) is 0 Å². The summed E-state index contributed by atoms with van der Waals surface area (Å²) >= 11 is 0. The SMILES string of the molecule is Nc1ncnc2c1ncn2[13C@@H]1O[13C@H]([13CH2]O)[13C@@H](O)[13C@H]1O. The largest absolute Gasteiger partial charge is 0.394 e. The summed E-state index contributed by atoms with van der Waals surface area (Å²) in [6.45, 7) is -0.390. The van der Waals surface area contributed by atoms with E-state index >= 15 is 0 Å². The van der Waals surface area contributed by atoms with E-state index in [0.717, 1.165) is 0 Å². The number of imidazole rings is 1. The molecule has 1 aliphatic rings. The summed E-state index contributed by atoms with van der Waals surface area (Å²) in [6, 6.07) is 0. The molecule has 0 radical (unpaired) electrons. The average Bonchev–Trinajstić information content (AvgIpc) is 2.94. The van der Waals surface area contributed by atoms with Gasteiger partial charge in [0.1, 0.15) is 30.2 Å². The molecule has 1 aliphatic heterocycles. The molecule has 19 heavy (non-hydrogen) atoms. The molecular formula is C10H13N5O4. The Kier molecular flexibility index (Phi) is 2.82. The van der Waals surface area contributed by atoms with Gasteiger partial charge in [0.2, 0.25) is 0 Å². The number of hydrogen-bond donors (Lipinski definition) is 4. The molecule has 3 rings (SSSR count). The Balaban J connectivity index is 2.04. The maximum absolute atomic E-state index is 9.95. The van der Waals surface area contributed by atoms with Crippen molar-refractivity contribution in [1.29, 1.82) is 0 Å². The first-order valence-electron chi connectivity index (χ1n) is 5.69. The zero-order chi connectivity index (χ0) is 13.6. The lowest BCUT2D eigenvalue weighted by atomic mass is 10.5. The predicted octanol–water partition coefficient (Wildman–Crippen LogP) is -1.98. The first-order chi connectivity index (χ1) is 9.13. The van der Waals surface area contributed by atoms with Gasteiger partial charge in [-0.3, -0.25) is 4.57 Å². The van der Waals surface area contributed by atoms with Gasteiger partial charge in [0.05, 0.1) is 12.9 Å². The van der Waals surface area contributed by atoms with Crippen LogP contribution in [0.25, 0.3) is 11.2 Å². The smallest absolute Gasteiger partial charge is 0.167 e. The van der Waals surface area contributed by atoms with Crippen LogP contribution in [-0.4, -0.2) is 59.8 Å². The summed E-state index contributed by atoms with van der Waals surface area (Å²) in [6.07, 6.45) is -1.42. The summed E-state index contributed by atoms with van der Waals surface area (Å²) < 4.78 is 6.85. The Hall–Kier alpha value is -1.81. The van der Waals surface area contributed by atoms with Crippen molar-refractivity contribution in [2.75, 3.05) is 12.3 Å². The van der Waals surface area contributed by atoms with Crippen LogP contribution in [0.3, 0.4) is 0 Å². The van der Waals surface area contributed by atoms with Crippen molar-refractivity contribution in [3.05, 3.63) is 12.7 Å². The molecular weight excluding hydrogens is 259 g/mol. The van der Waals surface area contributed by atoms with E-state index in [2.05, 4.69) is 15.0 Å². The number of nitrogen functional groups attached to an aromatic ring is 1. The third-order valence-electron chi connectivity index (χ3n) is 3.18. The van der Waals surface area contributed by atoms with Gasteiger partial charge >= 0.3 is 0 Å². The van der Waals surface area contributed by atoms with Crippen molar-refractivity contribution in [1.82, 2.24) is 19.5 Å². The third kappa shape index (κ3) is 1.75. The van der Waals surface area contributed by atoms with E-state index < -0.39 is 31.1 Å². The Morgan fingerprint density at radius 3 is 2.74 bits per heavy atom. The number of anilines is 1. The van der Waals surface area contributed by atoms with Crippen molar-refractivity contribution in [3.8, 4) is 0 Å². The first-order valence-corrected chi connectivity index (χ1v) is 5.69. The number of ether oxygens (including phenoxy) is 1. The summed E-state index contributed by atoms with van der Waals surface area (Å²) in [5.74, 6) is 0.218. The number of aliphatic hydroxyl groups is 3. The van der Waals surface area contributed by atoms with Gasteiger partial charge in [0.25, 0.3) is 0 Å². The summed E-state index contributed by atoms with van der Waals surface area (Å²) in [5.41, 5.74) is 6.44. The Bertz CT molecular complexity index is 603. The van der Waals surface area contributed by atoms with E-state index in [-0.39, 0.29) is 5.82 Å². The fraction of sp³-hybridized carbons (Fsp3) is 0.500. The van der Waals surface area contributed by atoms with Crippen molar-refractivity contribution in [2.45, 2.75) is 24.5 Å². The number of nitrogens with two attached hydrogens (primary N) is 1. The van der Waals surface area contributed by atoms with Crippen LogP contribution in [0.5, 0.6) is 0 Å². The maximum atomic E-state index is 9.95. The van der Waals surface area contributed by atoms with E-state index in [4.69, 9.17) is 15.6 Å². The number of rotatable bonds is 2. The summed E-state index contributed by atoms with van der Waals surface area (Å²) in [5, 5.41) is 28.7. The second-order valence-electron chi connectivity index (χ2n) is 4.31. The van der Waals surface area contributed by atoms with Crippen LogP contribution in [0.2, 0.25) is 0 Å². The highest BCUT2D eigenvalue weighted by Gasteiger charge is 2.43. The van der Waals surface area contributed by atoms with E-state index in [1.165, 1.54) is 17.2 Å². The lowest BCUT2D eigenvalue weighted by molar-refractivity contribution is -0.0511. The zero-order valence-corrected chi connectivity index (χ0v) is 9.79. The number of nitrogens with zero attached hydrogens (tertiary/aromatic N) is 4. The minimum absolute atomic E-state index is 0.218. The van der Waals surface area contributed by atoms with Gasteiger partial charge in [-0.05, 0) is 0 Å². The molecule has 5 N–H and O–H groups in total. The Labute approximate surface area is 107 Å². The predicted molar refractivity (Wildman–Crippen MR) is 62.7 cm³/mol. The average molecular weight is 272 g/mol. The van der Waals surface area contributed by atoms with Crippen molar-refractivity contribution >= 4 is 17.0 Å². The van der Waals surface area contributed by atoms with Crippen LogP contribution >= 0.6 is 0 Å². The minimum Gasteiger partial charge on any atom is -0.394 e. The standard InChI is InChI=1S/C10H13N5O4/c11-8-5-9(13-2-12-8)15(3-14-5)10-7(18)6(17)4(1-16)19-10/h2-4,6-7,10,16-18H,1H2,(H2,11,12,13)/t4-,6-,7-,10-/m1/s1/i1+1,4+1,6+1,7+1,10+1. The van der Waals surface area contributed by atoms with Crippen molar-refractivity contribution < 1.29 is 20.1 Å². The zero-order valence-electron chi connectivity index (χ0n) is 9.79. The van der Waals surface area contributed by atoms with Crippen molar-refractivity contribution in [3.63, 3.8) is 0 Å². The molecule has 2 aromatic heterocycles. The van der Waals surface area contributed by atoms with Crippen LogP contribution in [0.1, 0.15) is 6.23 Å². The van der Waals surface area contributed by atoms with Gasteiger partial charge < -0.3 is 25.8 Å². The van der Waals surface area contributed by atoms with E-state index in [0.29, 0.717) is 11.2 Å². The van der Waals surface area contributed by atoms with E-state index in [1.807, 2.05) is 0 Å². The molecule has 0 spiro atoms. The first kappa shape index (κ1) is 12.2. The Morgan fingerprint density at radius 1 is 1.26 bits per heavy atom. The normalized spacial score (nSPS) is 31.1. The fourth-order valence-electron chi connectivity index (χ4n) is 2.17. The quantitative estimate of drug-likeness (QED) is 0.461. The molecule has 3 heterocycles. The molecule has 1 saturated heterocycles. The molecule has 0 unspecified atom stereocenters. The molecule has 9 heteroatoms. The molecule has 0 aromatic carbocycles. The van der Waals surface area contributed by atoms with Crippen LogP contribution in [0.15, 0.2) is 12.7 Å². The molecule has 9 nitrogen and oxygen atoms in total. The molecule has 0 saturated carbocycles. The fourth-order valence-corrected chi connectivity index (χ4v) is 2.17. The molecule has 0 bridgehead atoms. The van der Waals surface area contributed by atoms with Gasteiger partial charge in [-0.2, -0.15) is 0 Å². The molecule has 0 aliphatic carbocycles. The van der Waals surface area contributed by atoms with Gasteiger partial charge in [-0.25, -0.2) is 15.0 Å². The highest BCUT2D eigenvalue weighted by Crippen LogP contribution is 2.31. The number of aliphatic hydroxyl groups excluding tert-OH is 3. The van der Waals surface area contributed by atoms with Gasteiger partial charge in [-0.15, -0.1) is 0 Å². The topological polar surface area (TPSA) is 140 Å². The van der Waals surface area contributed by atoms with Crippen LogP contribution in [0, 0.1) is 0 Å². The number of fused-ring (bicyclic) bond motifs is 1. The second kappa shape index (κ2) is 4.38. The van der Waals surface area contributed by atoms with E-state index in [9.17, 15) is 10.2 Å². The number of hydrogen-bond acceptors (Lipinski definition) is 8. The lowest BCUT2D eigenvalue weighted by Crippen LogP contribution is -2.33. The van der Waals surface area contributed by atoms with Crippen molar-refractivity contribution in [2.24, 2.45) is 0 Å². The van der Waals surface area contributed by atoms with Gasteiger partial charge in [0, 0.05) is 0 Å². The number of aromatic nitrogens is 4. The highest BCUT2D eigenvalue weighted by molar-refractivity contribution is 5.81. The van der Waals surface area contributed by atoms with Crippen LogP contribution in [0.4, 0.5) is 5.82 Å². The molecule has 102 valence electrons. The van der Waals surface area contributed by atoms with Crippen LogP contribution in [-0.2, 0) is 4.74 Å². The molecule has 2 aromatic rings. The summed E-state index contributed by atoms with van der Waals surface area (Å²) in [4.78, 5) is 11.9.